The fourth-order valence-electron chi connectivity index (χ4n) is 3.29. The van der Waals surface area contributed by atoms with Crippen LogP contribution in [0.15, 0.2) is 54.6 Å². The lowest BCUT2D eigenvalue weighted by Gasteiger charge is -2.13. The molecule has 0 bridgehead atoms. The van der Waals surface area contributed by atoms with Crippen molar-refractivity contribution >= 4 is 5.91 Å². The number of rotatable bonds is 2. The first-order valence-electron chi connectivity index (χ1n) is 8.26. The molecule has 0 fully saturated rings. The van der Waals surface area contributed by atoms with E-state index in [1.807, 2.05) is 18.2 Å². The van der Waals surface area contributed by atoms with Gasteiger partial charge >= 0.3 is 0 Å². The molecule has 128 valence electrons. The lowest BCUT2D eigenvalue weighted by Crippen LogP contribution is -2.12. The highest BCUT2D eigenvalue weighted by Gasteiger charge is 2.22. The van der Waals surface area contributed by atoms with Gasteiger partial charge in [-0.15, -0.1) is 0 Å². The molecule has 0 atom stereocenters. The Labute approximate surface area is 155 Å². The zero-order valence-corrected chi connectivity index (χ0v) is 14.1. The minimum absolute atomic E-state index is 0.0609. The van der Waals surface area contributed by atoms with Crippen molar-refractivity contribution in [3.8, 4) is 34.4 Å². The van der Waals surface area contributed by atoms with Gasteiger partial charge in [0.1, 0.15) is 11.9 Å². The van der Waals surface area contributed by atoms with E-state index in [-0.39, 0.29) is 11.5 Å². The number of hydrogen-bond acceptors (Lipinski definition) is 3. The van der Waals surface area contributed by atoms with Gasteiger partial charge in [-0.25, -0.2) is 4.39 Å². The van der Waals surface area contributed by atoms with E-state index < -0.39 is 5.82 Å². The van der Waals surface area contributed by atoms with E-state index in [1.165, 1.54) is 12.1 Å². The van der Waals surface area contributed by atoms with E-state index in [0.29, 0.717) is 28.8 Å². The smallest absolute Gasteiger partial charge is 0.251 e. The summed E-state index contributed by atoms with van der Waals surface area (Å²) in [6.45, 7) is 0.437. The standard InChI is InChI=1S/C22H12FN3O/c23-21-5-4-15(7-16(21)11-25)19-9-20-17(12-26-22(20)27)8-18(19)14-3-1-2-13(6-14)10-24/h1-9H,12H2,(H,26,27). The summed E-state index contributed by atoms with van der Waals surface area (Å²) in [6.07, 6.45) is 0. The molecule has 0 saturated heterocycles. The zero-order chi connectivity index (χ0) is 19.0. The summed E-state index contributed by atoms with van der Waals surface area (Å²) in [6, 6.07) is 19.1. The van der Waals surface area contributed by atoms with Crippen LogP contribution in [0.25, 0.3) is 22.3 Å². The Bertz CT molecular complexity index is 1190. The van der Waals surface area contributed by atoms with Crippen LogP contribution in [-0.4, -0.2) is 5.91 Å². The predicted molar refractivity (Wildman–Crippen MR) is 97.9 cm³/mol. The number of nitrogens with zero attached hydrogens (tertiary/aromatic N) is 2. The summed E-state index contributed by atoms with van der Waals surface area (Å²) < 4.78 is 13.8. The molecule has 1 N–H and O–H groups in total. The topological polar surface area (TPSA) is 76.7 Å². The number of benzene rings is 3. The van der Waals surface area contributed by atoms with E-state index in [1.54, 1.807) is 30.3 Å². The second kappa shape index (κ2) is 6.40. The SMILES string of the molecule is N#Cc1cccc(-c2cc3c(cc2-c2ccc(F)c(C#N)c2)C(=O)NC3)c1. The third-order valence-corrected chi connectivity index (χ3v) is 4.63. The Morgan fingerprint density at radius 3 is 2.44 bits per heavy atom. The number of fused-ring (bicyclic) bond motifs is 1. The van der Waals surface area contributed by atoms with Gasteiger partial charge in [0.25, 0.3) is 5.91 Å². The summed E-state index contributed by atoms with van der Waals surface area (Å²) in [5, 5.41) is 21.1. The highest BCUT2D eigenvalue weighted by atomic mass is 19.1. The summed E-state index contributed by atoms with van der Waals surface area (Å²) in [7, 11) is 0. The molecule has 1 amide bonds. The van der Waals surface area contributed by atoms with Crippen LogP contribution in [0.3, 0.4) is 0 Å². The lowest BCUT2D eigenvalue weighted by atomic mass is 9.89. The summed E-state index contributed by atoms with van der Waals surface area (Å²) in [5.74, 6) is -0.751. The van der Waals surface area contributed by atoms with Crippen molar-refractivity contribution in [1.29, 1.82) is 10.5 Å². The van der Waals surface area contributed by atoms with E-state index in [0.717, 1.165) is 16.7 Å². The fraction of sp³-hybridized carbons (Fsp3) is 0.0455. The lowest BCUT2D eigenvalue weighted by molar-refractivity contribution is 0.0966. The zero-order valence-electron chi connectivity index (χ0n) is 14.1. The monoisotopic (exact) mass is 353 g/mol. The molecule has 0 saturated carbocycles. The number of carbonyl (C=O) groups is 1. The second-order valence-corrected chi connectivity index (χ2v) is 6.24. The van der Waals surface area contributed by atoms with E-state index in [2.05, 4.69) is 11.4 Å². The van der Waals surface area contributed by atoms with Gasteiger partial charge in [0.2, 0.25) is 0 Å². The third kappa shape index (κ3) is 2.82. The molecule has 4 rings (SSSR count). The average Bonchev–Trinajstić information content (AvgIpc) is 3.07. The molecule has 0 aromatic heterocycles. The Morgan fingerprint density at radius 2 is 1.67 bits per heavy atom. The molecule has 27 heavy (non-hydrogen) atoms. The molecule has 1 aliphatic rings. The molecule has 5 heteroatoms. The molecule has 1 aliphatic heterocycles. The number of carbonyl (C=O) groups excluding carboxylic acids is 1. The number of hydrogen-bond donors (Lipinski definition) is 1. The number of amides is 1. The van der Waals surface area contributed by atoms with E-state index in [9.17, 15) is 14.4 Å². The van der Waals surface area contributed by atoms with Gasteiger partial charge in [0.05, 0.1) is 17.2 Å². The molecule has 4 nitrogen and oxygen atoms in total. The second-order valence-electron chi connectivity index (χ2n) is 6.24. The van der Waals surface area contributed by atoms with E-state index >= 15 is 0 Å². The molecule has 0 unspecified atom stereocenters. The summed E-state index contributed by atoms with van der Waals surface area (Å²) in [5.41, 5.74) is 4.85. The van der Waals surface area contributed by atoms with Crippen LogP contribution < -0.4 is 5.32 Å². The van der Waals surface area contributed by atoms with Gasteiger partial charge in [0, 0.05) is 12.1 Å². The normalized spacial score (nSPS) is 12.0. The van der Waals surface area contributed by atoms with Crippen LogP contribution in [0.5, 0.6) is 0 Å². The van der Waals surface area contributed by atoms with Crippen molar-refractivity contribution in [2.24, 2.45) is 0 Å². The highest BCUT2D eigenvalue weighted by molar-refractivity contribution is 6.01. The van der Waals surface area contributed by atoms with Crippen LogP contribution in [0.4, 0.5) is 4.39 Å². The first-order valence-corrected chi connectivity index (χ1v) is 8.26. The Hall–Kier alpha value is -3.96. The largest absolute Gasteiger partial charge is 0.348 e. The van der Waals surface area contributed by atoms with Crippen LogP contribution >= 0.6 is 0 Å². The minimum Gasteiger partial charge on any atom is -0.348 e. The summed E-state index contributed by atoms with van der Waals surface area (Å²) in [4.78, 5) is 12.1. The third-order valence-electron chi connectivity index (χ3n) is 4.63. The Morgan fingerprint density at radius 1 is 0.889 bits per heavy atom. The Kier molecular flexibility index (Phi) is 3.91. The van der Waals surface area contributed by atoms with Gasteiger partial charge < -0.3 is 5.32 Å². The molecule has 0 aliphatic carbocycles. The maximum Gasteiger partial charge on any atom is 0.251 e. The highest BCUT2D eigenvalue weighted by Crippen LogP contribution is 2.36. The quantitative estimate of drug-likeness (QED) is 0.752. The minimum atomic E-state index is -0.590. The van der Waals surface area contributed by atoms with Crippen molar-refractivity contribution < 1.29 is 9.18 Å². The number of nitriles is 2. The first kappa shape index (κ1) is 16.5. The van der Waals surface area contributed by atoms with E-state index in [4.69, 9.17) is 5.26 Å². The Balaban J connectivity index is 2.00. The fourth-order valence-corrected chi connectivity index (χ4v) is 3.29. The molecular weight excluding hydrogens is 341 g/mol. The number of halogens is 1. The van der Waals surface area contributed by atoms with Gasteiger partial charge in [-0.05, 0) is 64.2 Å². The van der Waals surface area contributed by atoms with Crippen LogP contribution in [-0.2, 0) is 6.54 Å². The van der Waals surface area contributed by atoms with Crippen LogP contribution in [0.1, 0.15) is 27.0 Å². The molecule has 3 aromatic rings. The predicted octanol–water partition coefficient (Wildman–Crippen LogP) is 4.15. The van der Waals surface area contributed by atoms with Gasteiger partial charge in [0.15, 0.2) is 0 Å². The molecule has 3 aromatic carbocycles. The van der Waals surface area contributed by atoms with Crippen molar-refractivity contribution in [2.75, 3.05) is 0 Å². The van der Waals surface area contributed by atoms with Gasteiger partial charge in [-0.1, -0.05) is 18.2 Å². The average molecular weight is 353 g/mol. The van der Waals surface area contributed by atoms with Crippen LogP contribution in [0, 0.1) is 28.5 Å². The van der Waals surface area contributed by atoms with Crippen molar-refractivity contribution in [3.05, 3.63) is 82.7 Å². The first-order chi connectivity index (χ1) is 13.1. The molecule has 0 radical (unpaired) electrons. The maximum absolute atomic E-state index is 13.8. The van der Waals surface area contributed by atoms with Crippen LogP contribution in [0.2, 0.25) is 0 Å². The van der Waals surface area contributed by atoms with Gasteiger partial charge in [-0.3, -0.25) is 4.79 Å². The van der Waals surface area contributed by atoms with Gasteiger partial charge in [-0.2, -0.15) is 10.5 Å². The number of nitrogens with one attached hydrogen (secondary N) is 1. The van der Waals surface area contributed by atoms with Crippen molar-refractivity contribution in [1.82, 2.24) is 5.32 Å². The molecular formula is C22H12FN3O. The molecule has 0 spiro atoms. The van der Waals surface area contributed by atoms with Crippen molar-refractivity contribution in [3.63, 3.8) is 0 Å². The molecule has 1 heterocycles. The summed E-state index contributed by atoms with van der Waals surface area (Å²) >= 11 is 0. The van der Waals surface area contributed by atoms with Crippen molar-refractivity contribution in [2.45, 2.75) is 6.54 Å². The maximum atomic E-state index is 13.8.